The number of benzene rings is 6. The van der Waals surface area contributed by atoms with Gasteiger partial charge in [-0.1, -0.05) is 110 Å². The Balaban J connectivity index is 0.000000224. The maximum atomic E-state index is 12.9. The van der Waals surface area contributed by atoms with Gasteiger partial charge in [-0.3, -0.25) is 4.79 Å². The van der Waals surface area contributed by atoms with Crippen molar-refractivity contribution in [1.82, 2.24) is 0 Å². The van der Waals surface area contributed by atoms with Gasteiger partial charge in [0, 0.05) is 24.0 Å². The minimum absolute atomic E-state index is 0.146. The Labute approximate surface area is 338 Å². The van der Waals surface area contributed by atoms with Gasteiger partial charge in [0.05, 0.1) is 29.9 Å². The molecule has 0 aliphatic heterocycles. The van der Waals surface area contributed by atoms with Crippen LogP contribution in [-0.2, 0) is 23.8 Å². The van der Waals surface area contributed by atoms with E-state index in [2.05, 4.69) is 25.3 Å². The molecule has 6 aromatic carbocycles. The molecule has 0 saturated carbocycles. The van der Waals surface area contributed by atoms with E-state index in [9.17, 15) is 24.3 Å². The van der Waals surface area contributed by atoms with Gasteiger partial charge in [0.1, 0.15) is 5.60 Å². The highest BCUT2D eigenvalue weighted by atomic mass is 35.5. The molecule has 8 nitrogen and oxygen atoms in total. The molecule has 57 heavy (non-hydrogen) atoms. The number of carbonyl (C=O) groups excluding carboxylic acids is 4. The molecule has 9 heteroatoms. The van der Waals surface area contributed by atoms with E-state index in [1.807, 2.05) is 97.1 Å². The molecule has 6 aromatic rings. The number of halogens is 1. The minimum atomic E-state index is -0.846. The third-order valence-corrected chi connectivity index (χ3v) is 9.21. The molecular weight excluding hydrogens is 740 g/mol. The van der Waals surface area contributed by atoms with Gasteiger partial charge < -0.3 is 19.3 Å². The first-order valence-corrected chi connectivity index (χ1v) is 18.9. The van der Waals surface area contributed by atoms with Gasteiger partial charge in [-0.25, -0.2) is 14.4 Å². The number of hydrogen-bond donors (Lipinski definition) is 1. The Morgan fingerprint density at radius 1 is 0.579 bits per heavy atom. The molecule has 296 valence electrons. The maximum Gasteiger partial charge on any atom is 0.339 e. The molecule has 0 radical (unpaired) electrons. The predicted octanol–water partition coefficient (Wildman–Crippen LogP) is 11.1. The molecule has 0 aromatic heterocycles. The summed E-state index contributed by atoms with van der Waals surface area (Å²) in [5.74, 6) is -1.17. The predicted molar refractivity (Wildman–Crippen MR) is 230 cm³/mol. The number of hydrogen-bond acceptors (Lipinski definition) is 8. The lowest BCUT2D eigenvalue weighted by molar-refractivity contribution is -0.152. The summed E-state index contributed by atoms with van der Waals surface area (Å²) in [5.41, 5.74) is 0.280. The second-order valence-corrected chi connectivity index (χ2v) is 15.3. The Hall–Kier alpha value is -5.83. The lowest BCUT2D eigenvalue weighted by Gasteiger charge is -2.25. The third kappa shape index (κ3) is 12.3. The summed E-state index contributed by atoms with van der Waals surface area (Å²) < 4.78 is 16.4. The average molecular weight is 789 g/mol. The number of allylic oxidation sites excluding steroid dienone is 1. The molecule has 0 unspecified atom stereocenters. The van der Waals surface area contributed by atoms with Crippen LogP contribution in [0.15, 0.2) is 133 Å². The number of ether oxygens (including phenoxy) is 3. The van der Waals surface area contributed by atoms with E-state index in [-0.39, 0.29) is 25.2 Å². The van der Waals surface area contributed by atoms with E-state index >= 15 is 0 Å². The van der Waals surface area contributed by atoms with E-state index in [1.54, 1.807) is 41.5 Å². The van der Waals surface area contributed by atoms with Gasteiger partial charge in [-0.05, 0) is 108 Å². The first kappa shape index (κ1) is 43.9. The van der Waals surface area contributed by atoms with E-state index in [4.69, 9.17) is 25.8 Å². The molecule has 0 heterocycles. The number of rotatable bonds is 11. The topological polar surface area (TPSA) is 116 Å². The second-order valence-electron chi connectivity index (χ2n) is 15.0. The molecule has 1 N–H and O–H groups in total. The summed E-state index contributed by atoms with van der Waals surface area (Å²) >= 11 is 4.87. The molecule has 6 rings (SSSR count). The summed E-state index contributed by atoms with van der Waals surface area (Å²) in [7, 11) is 0. The quantitative estimate of drug-likeness (QED) is 0.0453. The van der Waals surface area contributed by atoms with Crippen LogP contribution in [0.2, 0.25) is 0 Å². The molecule has 0 fully saturated rings. The maximum absolute atomic E-state index is 12.9. The molecule has 0 bridgehead atoms. The molecular formula is C48H49ClO8. The van der Waals surface area contributed by atoms with Crippen molar-refractivity contribution in [2.45, 2.75) is 65.6 Å². The Bertz CT molecular complexity index is 2340. The van der Waals surface area contributed by atoms with Crippen molar-refractivity contribution in [1.29, 1.82) is 0 Å². The Kier molecular flexibility index (Phi) is 14.9. The van der Waals surface area contributed by atoms with Crippen molar-refractivity contribution >= 4 is 77.8 Å². The molecule has 0 amide bonds. The summed E-state index contributed by atoms with van der Waals surface area (Å²) in [6.07, 6.45) is 0.794. The van der Waals surface area contributed by atoms with Crippen LogP contribution >= 0.6 is 11.6 Å². The third-order valence-electron chi connectivity index (χ3n) is 8.89. The van der Waals surface area contributed by atoms with Crippen LogP contribution in [0.5, 0.6) is 0 Å². The largest absolute Gasteiger partial charge is 0.462 e. The lowest BCUT2D eigenvalue weighted by atomic mass is 9.97. The smallest absolute Gasteiger partial charge is 0.339 e. The number of esters is 3. The summed E-state index contributed by atoms with van der Waals surface area (Å²) in [4.78, 5) is 47.1. The zero-order chi connectivity index (χ0) is 41.9. The molecule has 0 saturated heterocycles. The molecule has 0 atom stereocenters. The van der Waals surface area contributed by atoms with Gasteiger partial charge in [0.15, 0.2) is 0 Å². The van der Waals surface area contributed by atoms with E-state index in [1.165, 1.54) is 0 Å². The monoisotopic (exact) mass is 788 g/mol. The fourth-order valence-corrected chi connectivity index (χ4v) is 5.78. The first-order chi connectivity index (χ1) is 26.9. The van der Waals surface area contributed by atoms with E-state index < -0.39 is 22.4 Å². The van der Waals surface area contributed by atoms with Crippen molar-refractivity contribution in [2.75, 3.05) is 13.2 Å². The van der Waals surface area contributed by atoms with Crippen LogP contribution in [0.4, 0.5) is 0 Å². The van der Waals surface area contributed by atoms with Gasteiger partial charge in [0.25, 0.3) is 0 Å². The molecule has 0 spiro atoms. The zero-order valence-corrected chi connectivity index (χ0v) is 34.1. The fraction of sp³-hybridized carbons (Fsp3) is 0.250. The number of fused-ring (bicyclic) bond motifs is 4. The van der Waals surface area contributed by atoms with Crippen molar-refractivity contribution in [3.63, 3.8) is 0 Å². The van der Waals surface area contributed by atoms with Gasteiger partial charge >= 0.3 is 17.9 Å². The summed E-state index contributed by atoms with van der Waals surface area (Å²) in [5, 5.41) is 16.8. The normalized spacial score (nSPS) is 11.2. The van der Waals surface area contributed by atoms with E-state index in [0.29, 0.717) is 35.1 Å². The second kappa shape index (κ2) is 19.4. The fourth-order valence-electron chi connectivity index (χ4n) is 5.78. The highest BCUT2D eigenvalue weighted by Gasteiger charge is 2.25. The highest BCUT2D eigenvalue weighted by molar-refractivity contribution is 6.67. The Morgan fingerprint density at radius 3 is 1.19 bits per heavy atom. The van der Waals surface area contributed by atoms with Gasteiger partial charge in [-0.15, -0.1) is 0 Å². The van der Waals surface area contributed by atoms with Gasteiger partial charge in [-0.2, -0.15) is 0 Å². The summed E-state index contributed by atoms with van der Waals surface area (Å²) in [6, 6.07) is 35.3. The highest BCUT2D eigenvalue weighted by Crippen LogP contribution is 2.31. The van der Waals surface area contributed by atoms with Crippen LogP contribution in [0.3, 0.4) is 0 Å². The number of aliphatic hydroxyl groups is 1. The lowest BCUT2D eigenvalue weighted by Crippen LogP contribution is -2.30. The standard InChI is InChI=1S/C24H24O4.C20H20O3.C4H5ClO/c1-16(2)22(25)28-24(3,4)13-14-27-23(26)21-19-11-7-5-9-17(19)15-18-10-6-8-12-20(18)21;1-20(2,22)11-12-23-19(21)18-16-9-5-3-7-14(16)13-15-8-4-6-10-17(15)18;1-3(2)4(5)6/h5-12,15H,1,13-14H2,2-4H3;3-10,13,22H,11-12H2,1-2H3;1H2,2H3. The van der Waals surface area contributed by atoms with Crippen molar-refractivity contribution in [3.8, 4) is 0 Å². The van der Waals surface area contributed by atoms with Crippen LogP contribution in [0, 0.1) is 0 Å². The van der Waals surface area contributed by atoms with Crippen LogP contribution in [-0.4, -0.2) is 52.7 Å². The minimum Gasteiger partial charge on any atom is -0.462 e. The van der Waals surface area contributed by atoms with Crippen molar-refractivity contribution in [2.24, 2.45) is 0 Å². The van der Waals surface area contributed by atoms with Crippen LogP contribution in [0.1, 0.15) is 75.1 Å². The zero-order valence-electron chi connectivity index (χ0n) is 33.3. The molecule has 0 aliphatic carbocycles. The van der Waals surface area contributed by atoms with Crippen LogP contribution in [0.25, 0.3) is 43.1 Å². The molecule has 0 aliphatic rings. The van der Waals surface area contributed by atoms with Crippen molar-refractivity contribution < 1.29 is 38.5 Å². The summed E-state index contributed by atoms with van der Waals surface area (Å²) in [6.45, 7) is 17.3. The average Bonchev–Trinajstić information content (AvgIpc) is 3.15. The Morgan fingerprint density at radius 2 is 0.895 bits per heavy atom. The van der Waals surface area contributed by atoms with Crippen LogP contribution < -0.4 is 0 Å². The van der Waals surface area contributed by atoms with Crippen molar-refractivity contribution in [3.05, 3.63) is 145 Å². The first-order valence-electron chi connectivity index (χ1n) is 18.5. The number of carbonyl (C=O) groups is 4. The SMILES string of the molecule is C=C(C)C(=O)Cl.C=C(C)C(=O)OC(C)(C)CCOC(=O)c1c2ccccc2cc2ccccc12.CC(C)(O)CCOC(=O)c1c2ccccc2cc2ccccc12. The van der Waals surface area contributed by atoms with Gasteiger partial charge in [0.2, 0.25) is 5.24 Å². The van der Waals surface area contributed by atoms with E-state index in [0.717, 1.165) is 43.1 Å².